The second-order valence-electron chi connectivity index (χ2n) is 7.90. The molecule has 3 aromatic rings. The van der Waals surface area contributed by atoms with Crippen LogP contribution < -0.4 is 0 Å². The fraction of sp³-hybridized carbons (Fsp3) is 0.273. The van der Waals surface area contributed by atoms with E-state index in [0.717, 1.165) is 27.9 Å². The Morgan fingerprint density at radius 1 is 0.880 bits per heavy atom. The first-order chi connectivity index (χ1) is 11.8. The molecule has 4 rings (SSSR count). The third-order valence-electron chi connectivity index (χ3n) is 5.17. The first-order valence-electron chi connectivity index (χ1n) is 8.53. The van der Waals surface area contributed by atoms with Gasteiger partial charge in [0.25, 0.3) is 0 Å². The molecule has 0 spiro atoms. The number of benzene rings is 2. The van der Waals surface area contributed by atoms with Crippen molar-refractivity contribution in [2.75, 3.05) is 0 Å². The summed E-state index contributed by atoms with van der Waals surface area (Å²) in [4.78, 5) is 0. The number of halogens is 2. The van der Waals surface area contributed by atoms with Crippen molar-refractivity contribution < 1.29 is 8.78 Å². The average molecular weight is 337 g/mol. The van der Waals surface area contributed by atoms with Crippen LogP contribution in [0.3, 0.4) is 0 Å². The molecule has 0 amide bonds. The molecule has 3 heteroatoms. The summed E-state index contributed by atoms with van der Waals surface area (Å²) >= 11 is 0. The van der Waals surface area contributed by atoms with E-state index in [4.69, 9.17) is 0 Å². The number of rotatable bonds is 0. The predicted molar refractivity (Wildman–Crippen MR) is 97.5 cm³/mol. The zero-order chi connectivity index (χ0) is 17.9. The Kier molecular flexibility index (Phi) is 3.40. The van der Waals surface area contributed by atoms with Crippen molar-refractivity contribution in [3.05, 3.63) is 71.4 Å². The monoisotopic (exact) mass is 337 g/mol. The Bertz CT molecular complexity index is 976. The minimum atomic E-state index is -0.799. The van der Waals surface area contributed by atoms with E-state index in [1.807, 2.05) is 36.0 Å². The van der Waals surface area contributed by atoms with Crippen LogP contribution in [0.15, 0.2) is 48.7 Å². The van der Waals surface area contributed by atoms with Crippen molar-refractivity contribution in [2.24, 2.45) is 12.5 Å². The van der Waals surface area contributed by atoms with Gasteiger partial charge in [-0.1, -0.05) is 51.1 Å². The number of aromatic nitrogens is 1. The molecule has 2 aromatic carbocycles. The molecule has 1 aliphatic carbocycles. The van der Waals surface area contributed by atoms with Crippen molar-refractivity contribution in [1.82, 2.24) is 4.57 Å². The molecule has 0 saturated heterocycles. The van der Waals surface area contributed by atoms with Crippen LogP contribution in [-0.2, 0) is 7.05 Å². The lowest BCUT2D eigenvalue weighted by Gasteiger charge is -2.33. The molecule has 1 heterocycles. The molecule has 1 aromatic heterocycles. The van der Waals surface area contributed by atoms with Gasteiger partial charge in [0.05, 0.1) is 5.69 Å². The van der Waals surface area contributed by atoms with Crippen LogP contribution in [0.2, 0.25) is 0 Å². The molecule has 1 unspecified atom stereocenters. The highest BCUT2D eigenvalue weighted by Crippen LogP contribution is 2.52. The van der Waals surface area contributed by atoms with Crippen LogP contribution in [0, 0.1) is 17.0 Å². The molecule has 0 saturated carbocycles. The zero-order valence-electron chi connectivity index (χ0n) is 14.9. The molecular formula is C22H21F2N. The first kappa shape index (κ1) is 16.1. The Hall–Kier alpha value is -2.42. The van der Waals surface area contributed by atoms with Gasteiger partial charge in [-0.05, 0) is 28.7 Å². The van der Waals surface area contributed by atoms with Gasteiger partial charge in [0, 0.05) is 35.9 Å². The summed E-state index contributed by atoms with van der Waals surface area (Å²) in [5.74, 6) is -1.58. The fourth-order valence-electron chi connectivity index (χ4n) is 4.21. The number of fused-ring (bicyclic) bond motifs is 5. The van der Waals surface area contributed by atoms with E-state index in [0.29, 0.717) is 5.56 Å². The first-order valence-corrected chi connectivity index (χ1v) is 8.53. The molecule has 1 aliphatic rings. The molecule has 1 atom stereocenters. The van der Waals surface area contributed by atoms with Gasteiger partial charge in [0.1, 0.15) is 0 Å². The Labute approximate surface area is 146 Å². The van der Waals surface area contributed by atoms with Crippen molar-refractivity contribution in [3.8, 4) is 22.4 Å². The third kappa shape index (κ3) is 2.25. The van der Waals surface area contributed by atoms with Gasteiger partial charge in [-0.15, -0.1) is 0 Å². The van der Waals surface area contributed by atoms with Crippen molar-refractivity contribution in [1.29, 1.82) is 0 Å². The summed E-state index contributed by atoms with van der Waals surface area (Å²) in [6.45, 7) is 6.44. The van der Waals surface area contributed by atoms with Gasteiger partial charge in [0.2, 0.25) is 0 Å². The highest BCUT2D eigenvalue weighted by Gasteiger charge is 2.37. The van der Waals surface area contributed by atoms with Gasteiger partial charge in [-0.2, -0.15) is 0 Å². The van der Waals surface area contributed by atoms with Gasteiger partial charge in [0.15, 0.2) is 11.6 Å². The average Bonchev–Trinajstić information content (AvgIpc) is 2.85. The molecule has 1 nitrogen and oxygen atoms in total. The van der Waals surface area contributed by atoms with Crippen LogP contribution in [0.1, 0.15) is 37.8 Å². The third-order valence-corrected chi connectivity index (χ3v) is 5.17. The summed E-state index contributed by atoms with van der Waals surface area (Å²) in [6.07, 6.45) is 1.91. The minimum Gasteiger partial charge on any atom is -0.350 e. The molecule has 128 valence electrons. The van der Waals surface area contributed by atoms with Gasteiger partial charge in [-0.25, -0.2) is 8.78 Å². The number of aryl methyl sites for hydroxylation is 1. The Balaban J connectivity index is 2.22. The summed E-state index contributed by atoms with van der Waals surface area (Å²) in [5.41, 5.74) is 5.04. The molecular weight excluding hydrogens is 316 g/mol. The lowest BCUT2D eigenvalue weighted by atomic mass is 9.71. The minimum absolute atomic E-state index is 0.0267. The molecule has 0 N–H and O–H groups in total. The number of hydrogen-bond donors (Lipinski definition) is 0. The summed E-state index contributed by atoms with van der Waals surface area (Å²) < 4.78 is 31.1. The van der Waals surface area contributed by atoms with E-state index in [1.54, 1.807) is 6.07 Å². The van der Waals surface area contributed by atoms with E-state index in [2.05, 4.69) is 32.9 Å². The van der Waals surface area contributed by atoms with Crippen molar-refractivity contribution >= 4 is 0 Å². The second-order valence-corrected chi connectivity index (χ2v) is 7.90. The molecule has 25 heavy (non-hydrogen) atoms. The summed E-state index contributed by atoms with van der Waals surface area (Å²) in [6, 6.07) is 13.1. The predicted octanol–water partition coefficient (Wildman–Crippen LogP) is 6.13. The van der Waals surface area contributed by atoms with E-state index < -0.39 is 11.6 Å². The molecule has 0 radical (unpaired) electrons. The lowest BCUT2D eigenvalue weighted by molar-refractivity contribution is 0.358. The lowest BCUT2D eigenvalue weighted by Crippen LogP contribution is -2.21. The molecule has 0 bridgehead atoms. The zero-order valence-corrected chi connectivity index (χ0v) is 14.9. The summed E-state index contributed by atoms with van der Waals surface area (Å²) in [7, 11) is 1.95. The fourth-order valence-corrected chi connectivity index (χ4v) is 4.21. The molecule has 0 aliphatic heterocycles. The van der Waals surface area contributed by atoms with Crippen molar-refractivity contribution in [3.63, 3.8) is 0 Å². The summed E-state index contributed by atoms with van der Waals surface area (Å²) in [5, 5.41) is 0. The van der Waals surface area contributed by atoms with Gasteiger partial charge >= 0.3 is 0 Å². The SMILES string of the molecule is Cn1ccc2c1-c1ccccc1C(C(C)(C)C)c1ccc(F)c(F)c1-2. The smallest absolute Gasteiger partial charge is 0.167 e. The number of hydrogen-bond acceptors (Lipinski definition) is 0. The maximum Gasteiger partial charge on any atom is 0.167 e. The van der Waals surface area contributed by atoms with Crippen LogP contribution in [0.4, 0.5) is 8.78 Å². The van der Waals surface area contributed by atoms with E-state index in [-0.39, 0.29) is 11.3 Å². The maximum atomic E-state index is 15.0. The maximum absolute atomic E-state index is 15.0. The number of nitrogens with zero attached hydrogens (tertiary/aromatic N) is 1. The highest BCUT2D eigenvalue weighted by atomic mass is 19.2. The normalized spacial score (nSPS) is 16.0. The highest BCUT2D eigenvalue weighted by molar-refractivity contribution is 5.88. The van der Waals surface area contributed by atoms with Crippen LogP contribution in [0.5, 0.6) is 0 Å². The van der Waals surface area contributed by atoms with Crippen molar-refractivity contribution in [2.45, 2.75) is 26.7 Å². The quantitative estimate of drug-likeness (QED) is 0.465. The van der Waals surface area contributed by atoms with E-state index in [1.165, 1.54) is 6.07 Å². The van der Waals surface area contributed by atoms with Gasteiger partial charge in [-0.3, -0.25) is 0 Å². The standard InChI is InChI=1S/C22H21F2N/c1-22(2,3)19-13-7-5-6-8-14(13)21-16(11-12-25(21)4)18-15(19)9-10-17(23)20(18)24/h5-12,19H,1-4H3. The topological polar surface area (TPSA) is 4.93 Å². The van der Waals surface area contributed by atoms with Crippen LogP contribution >= 0.6 is 0 Å². The Morgan fingerprint density at radius 3 is 2.32 bits per heavy atom. The Morgan fingerprint density at radius 2 is 1.60 bits per heavy atom. The van der Waals surface area contributed by atoms with Gasteiger partial charge < -0.3 is 4.57 Å². The van der Waals surface area contributed by atoms with Crippen LogP contribution in [-0.4, -0.2) is 4.57 Å². The largest absolute Gasteiger partial charge is 0.350 e. The van der Waals surface area contributed by atoms with E-state index in [9.17, 15) is 8.78 Å². The van der Waals surface area contributed by atoms with Crippen LogP contribution in [0.25, 0.3) is 22.4 Å². The molecule has 0 fully saturated rings. The second kappa shape index (κ2) is 5.29. The van der Waals surface area contributed by atoms with E-state index >= 15 is 0 Å².